The molecule has 0 aliphatic heterocycles. The van der Waals surface area contributed by atoms with E-state index < -0.39 is 0 Å². The highest BCUT2D eigenvalue weighted by molar-refractivity contribution is 9.10. The first-order valence-electron chi connectivity index (χ1n) is 5.56. The number of halogens is 1. The fourth-order valence-corrected chi connectivity index (χ4v) is 2.36. The lowest BCUT2D eigenvalue weighted by atomic mass is 10.1. The Kier molecular flexibility index (Phi) is 2.89. The molecule has 0 spiro atoms. The molecule has 0 saturated heterocycles. The summed E-state index contributed by atoms with van der Waals surface area (Å²) in [5, 5.41) is 0. The van der Waals surface area contributed by atoms with Gasteiger partial charge in [0, 0.05) is 17.7 Å². The Bertz CT molecular complexity index is 688. The van der Waals surface area contributed by atoms with Crippen LogP contribution in [-0.4, -0.2) is 21.5 Å². The molecule has 0 aliphatic rings. The molecule has 2 aromatic heterocycles. The van der Waals surface area contributed by atoms with E-state index in [1.54, 1.807) is 0 Å². The fourth-order valence-electron chi connectivity index (χ4n) is 1.94. The maximum absolute atomic E-state index is 5.60. The molecule has 6 heteroatoms. The summed E-state index contributed by atoms with van der Waals surface area (Å²) in [5.41, 5.74) is 10.1. The van der Waals surface area contributed by atoms with E-state index in [1.165, 1.54) is 6.39 Å². The molecule has 0 aliphatic carbocycles. The smallest absolute Gasteiger partial charge is 0.181 e. The minimum atomic E-state index is 0.576. The molecule has 1 aromatic carbocycles. The maximum atomic E-state index is 5.60. The molecule has 0 fully saturated rings. The largest absolute Gasteiger partial charge is 0.443 e. The molecule has 92 valence electrons. The number of aromatic nitrogens is 3. The average molecular weight is 307 g/mol. The van der Waals surface area contributed by atoms with Gasteiger partial charge in [-0.2, -0.15) is 0 Å². The van der Waals surface area contributed by atoms with E-state index in [0.29, 0.717) is 11.3 Å². The summed E-state index contributed by atoms with van der Waals surface area (Å²) in [4.78, 5) is 11.7. The topological polar surface area (TPSA) is 80.7 Å². The number of benzene rings is 1. The van der Waals surface area contributed by atoms with Crippen molar-refractivity contribution < 1.29 is 4.42 Å². The quantitative estimate of drug-likeness (QED) is 0.779. The van der Waals surface area contributed by atoms with Crippen LogP contribution in [0.1, 0.15) is 5.69 Å². The van der Waals surface area contributed by atoms with Gasteiger partial charge in [0.1, 0.15) is 5.52 Å². The number of aromatic amines is 1. The highest BCUT2D eigenvalue weighted by Crippen LogP contribution is 2.26. The monoisotopic (exact) mass is 306 g/mol. The van der Waals surface area contributed by atoms with Crippen LogP contribution in [0.15, 0.2) is 33.7 Å². The molecule has 18 heavy (non-hydrogen) atoms. The van der Waals surface area contributed by atoms with E-state index in [4.69, 9.17) is 10.2 Å². The third kappa shape index (κ3) is 1.93. The van der Waals surface area contributed by atoms with Gasteiger partial charge in [0.2, 0.25) is 0 Å². The summed E-state index contributed by atoms with van der Waals surface area (Å²) in [6.07, 6.45) is 2.19. The number of nitrogens with one attached hydrogen (secondary N) is 1. The second kappa shape index (κ2) is 4.55. The van der Waals surface area contributed by atoms with Crippen molar-refractivity contribution in [2.45, 2.75) is 6.42 Å². The molecule has 5 nitrogen and oxygen atoms in total. The van der Waals surface area contributed by atoms with Gasteiger partial charge in [0.25, 0.3) is 0 Å². The van der Waals surface area contributed by atoms with Crippen LogP contribution < -0.4 is 5.73 Å². The normalized spacial score (nSPS) is 11.2. The van der Waals surface area contributed by atoms with Crippen LogP contribution in [0.4, 0.5) is 0 Å². The lowest BCUT2D eigenvalue weighted by molar-refractivity contribution is 0.602. The molecule has 3 rings (SSSR count). The van der Waals surface area contributed by atoms with Crippen molar-refractivity contribution in [3.63, 3.8) is 0 Å². The minimum absolute atomic E-state index is 0.576. The van der Waals surface area contributed by atoms with Gasteiger partial charge in [-0.05, 0) is 34.6 Å². The zero-order valence-electron chi connectivity index (χ0n) is 9.48. The van der Waals surface area contributed by atoms with Gasteiger partial charge in [-0.15, -0.1) is 0 Å². The molecular formula is C12H11BrN4O. The molecule has 0 radical (unpaired) electrons. The van der Waals surface area contributed by atoms with Crippen LogP contribution in [0.2, 0.25) is 0 Å². The van der Waals surface area contributed by atoms with E-state index in [2.05, 4.69) is 30.9 Å². The van der Waals surface area contributed by atoms with Crippen molar-refractivity contribution >= 4 is 27.0 Å². The van der Waals surface area contributed by atoms with Crippen molar-refractivity contribution in [2.75, 3.05) is 6.54 Å². The maximum Gasteiger partial charge on any atom is 0.181 e. The van der Waals surface area contributed by atoms with E-state index >= 15 is 0 Å². The second-order valence-electron chi connectivity index (χ2n) is 3.93. The molecule has 0 unspecified atom stereocenters. The Morgan fingerprint density at radius 2 is 2.28 bits per heavy atom. The first-order valence-corrected chi connectivity index (χ1v) is 6.35. The average Bonchev–Trinajstić information content (AvgIpc) is 2.95. The molecule has 0 bridgehead atoms. The summed E-state index contributed by atoms with van der Waals surface area (Å²) in [5.74, 6) is 0. The molecular weight excluding hydrogens is 296 g/mol. The summed E-state index contributed by atoms with van der Waals surface area (Å²) in [6.45, 7) is 0.576. The van der Waals surface area contributed by atoms with Crippen LogP contribution in [0.25, 0.3) is 22.4 Å². The fraction of sp³-hybridized carbons (Fsp3) is 0.167. The highest BCUT2D eigenvalue weighted by Gasteiger charge is 2.12. The summed E-state index contributed by atoms with van der Waals surface area (Å²) < 4.78 is 6.01. The zero-order valence-corrected chi connectivity index (χ0v) is 11.1. The van der Waals surface area contributed by atoms with Gasteiger partial charge >= 0.3 is 0 Å². The molecule has 2 heterocycles. The number of nitrogens with zero attached hydrogens (tertiary/aromatic N) is 2. The Labute approximate surface area is 112 Å². The van der Waals surface area contributed by atoms with Crippen molar-refractivity contribution in [3.05, 3.63) is 35.0 Å². The second-order valence-corrected chi connectivity index (χ2v) is 4.68. The summed E-state index contributed by atoms with van der Waals surface area (Å²) >= 11 is 3.35. The number of oxazole rings is 1. The predicted molar refractivity (Wildman–Crippen MR) is 72.0 cm³/mol. The van der Waals surface area contributed by atoms with E-state index in [9.17, 15) is 0 Å². The van der Waals surface area contributed by atoms with E-state index in [1.807, 2.05) is 18.2 Å². The van der Waals surface area contributed by atoms with Crippen LogP contribution >= 0.6 is 15.9 Å². The van der Waals surface area contributed by atoms with Crippen molar-refractivity contribution in [1.82, 2.24) is 15.0 Å². The predicted octanol–water partition coefficient (Wildman–Crippen LogP) is 2.48. The highest BCUT2D eigenvalue weighted by atomic mass is 79.9. The SMILES string of the molecule is NCCc1[nH]c(Br)nc1-c1ccc2ncoc2c1. The lowest BCUT2D eigenvalue weighted by Crippen LogP contribution is -2.04. The van der Waals surface area contributed by atoms with Crippen molar-refractivity contribution in [2.24, 2.45) is 5.73 Å². The van der Waals surface area contributed by atoms with Gasteiger partial charge in [-0.3, -0.25) is 0 Å². The Hall–Kier alpha value is -1.66. The molecule has 0 amide bonds. The van der Waals surface area contributed by atoms with Crippen LogP contribution in [0.3, 0.4) is 0 Å². The van der Waals surface area contributed by atoms with E-state index in [0.717, 1.165) is 34.5 Å². The molecule has 3 aromatic rings. The number of hydrogen-bond acceptors (Lipinski definition) is 4. The van der Waals surface area contributed by atoms with Gasteiger partial charge in [0.05, 0.1) is 5.69 Å². The number of rotatable bonds is 3. The van der Waals surface area contributed by atoms with Gasteiger partial charge in [0.15, 0.2) is 16.7 Å². The number of imidazole rings is 1. The number of fused-ring (bicyclic) bond motifs is 1. The molecule has 0 atom stereocenters. The summed E-state index contributed by atoms with van der Waals surface area (Å²) in [7, 11) is 0. The number of H-pyrrole nitrogens is 1. The molecule has 3 N–H and O–H groups in total. The third-order valence-electron chi connectivity index (χ3n) is 2.75. The number of nitrogens with two attached hydrogens (primary N) is 1. The Morgan fingerprint density at radius 1 is 1.39 bits per heavy atom. The molecule has 0 saturated carbocycles. The van der Waals surface area contributed by atoms with Gasteiger partial charge < -0.3 is 15.1 Å². The van der Waals surface area contributed by atoms with Crippen LogP contribution in [-0.2, 0) is 6.42 Å². The number of hydrogen-bond donors (Lipinski definition) is 2. The Morgan fingerprint density at radius 3 is 3.11 bits per heavy atom. The van der Waals surface area contributed by atoms with Crippen molar-refractivity contribution in [3.8, 4) is 11.3 Å². The van der Waals surface area contributed by atoms with Gasteiger partial charge in [-0.25, -0.2) is 9.97 Å². The summed E-state index contributed by atoms with van der Waals surface area (Å²) in [6, 6.07) is 5.83. The Balaban J connectivity index is 2.12. The van der Waals surface area contributed by atoms with Gasteiger partial charge in [-0.1, -0.05) is 6.07 Å². The van der Waals surface area contributed by atoms with Crippen LogP contribution in [0.5, 0.6) is 0 Å². The standard InChI is InChI=1S/C12H11BrN4O/c13-12-16-9(3-4-14)11(17-12)7-1-2-8-10(5-7)18-6-15-8/h1-2,5-6H,3-4,14H2,(H,16,17). The first-order chi connectivity index (χ1) is 8.78. The first kappa shape index (κ1) is 11.4. The third-order valence-corrected chi connectivity index (χ3v) is 3.12. The lowest BCUT2D eigenvalue weighted by Gasteiger charge is -2.01. The zero-order chi connectivity index (χ0) is 12.5. The minimum Gasteiger partial charge on any atom is -0.443 e. The van der Waals surface area contributed by atoms with Crippen LogP contribution in [0, 0.1) is 0 Å². The van der Waals surface area contributed by atoms with Crippen molar-refractivity contribution in [1.29, 1.82) is 0 Å². The van der Waals surface area contributed by atoms with E-state index in [-0.39, 0.29) is 0 Å².